The van der Waals surface area contributed by atoms with Gasteiger partial charge in [0.25, 0.3) is 0 Å². The molecule has 1 saturated heterocycles. The molecule has 2 aliphatic heterocycles. The Kier molecular flexibility index (Phi) is 2.10. The highest BCUT2D eigenvalue weighted by Crippen LogP contribution is 2.38. The third-order valence-electron chi connectivity index (χ3n) is 3.80. The van der Waals surface area contributed by atoms with Gasteiger partial charge in [-0.3, -0.25) is 9.88 Å². The van der Waals surface area contributed by atoms with E-state index in [0.29, 0.717) is 6.04 Å². The first-order valence-corrected chi connectivity index (χ1v) is 5.68. The Hall–Kier alpha value is -1.15. The highest BCUT2D eigenvalue weighted by atomic mass is 15.2. The highest BCUT2D eigenvalue weighted by Gasteiger charge is 2.35. The zero-order chi connectivity index (χ0) is 10.3. The van der Waals surface area contributed by atoms with E-state index < -0.39 is 0 Å². The molecule has 3 heterocycles. The number of fused-ring (bicyclic) bond motifs is 2. The average molecular weight is 200 g/mol. The van der Waals surface area contributed by atoms with Crippen LogP contribution in [0.2, 0.25) is 0 Å². The number of likely N-dealkylation sites (N-methyl/N-ethyl adjacent to an activating group) is 1. The van der Waals surface area contributed by atoms with E-state index >= 15 is 0 Å². The van der Waals surface area contributed by atoms with Crippen molar-refractivity contribution in [3.8, 4) is 0 Å². The van der Waals surface area contributed by atoms with Crippen LogP contribution in [-0.2, 0) is 0 Å². The monoisotopic (exact) mass is 200 g/mol. The summed E-state index contributed by atoms with van der Waals surface area (Å²) in [6.07, 6.45) is 10.1. The lowest BCUT2D eigenvalue weighted by molar-refractivity contribution is 0.267. The molecule has 0 unspecified atom stereocenters. The highest BCUT2D eigenvalue weighted by molar-refractivity contribution is 5.70. The van der Waals surface area contributed by atoms with Crippen LogP contribution < -0.4 is 0 Å². The minimum Gasteiger partial charge on any atom is -0.296 e. The molecule has 2 nitrogen and oxygen atoms in total. The van der Waals surface area contributed by atoms with E-state index in [1.165, 1.54) is 30.4 Å². The number of hydrogen-bond donors (Lipinski definition) is 0. The van der Waals surface area contributed by atoms with Gasteiger partial charge in [-0.2, -0.15) is 0 Å². The fourth-order valence-electron chi connectivity index (χ4n) is 2.91. The second-order valence-electron chi connectivity index (χ2n) is 4.55. The molecular formula is C13H16N2. The van der Waals surface area contributed by atoms with Crippen LogP contribution in [0.1, 0.15) is 24.8 Å². The molecule has 0 radical (unpaired) electrons. The molecule has 1 fully saturated rings. The van der Waals surface area contributed by atoms with Gasteiger partial charge >= 0.3 is 0 Å². The Bertz CT molecular complexity index is 383. The van der Waals surface area contributed by atoms with E-state index in [9.17, 15) is 0 Å². The van der Waals surface area contributed by atoms with Crippen LogP contribution in [0, 0.1) is 0 Å². The van der Waals surface area contributed by atoms with Crippen molar-refractivity contribution in [1.82, 2.24) is 9.88 Å². The first-order valence-electron chi connectivity index (χ1n) is 5.68. The van der Waals surface area contributed by atoms with Gasteiger partial charge in [-0.25, -0.2) is 0 Å². The van der Waals surface area contributed by atoms with Gasteiger partial charge in [0.2, 0.25) is 0 Å². The summed E-state index contributed by atoms with van der Waals surface area (Å²) in [5.41, 5.74) is 2.79. The second kappa shape index (κ2) is 3.46. The van der Waals surface area contributed by atoms with E-state index in [-0.39, 0.29) is 0 Å². The topological polar surface area (TPSA) is 16.1 Å². The smallest absolute Gasteiger partial charge is 0.0352 e. The Labute approximate surface area is 90.6 Å². The lowest BCUT2D eigenvalue weighted by Crippen LogP contribution is -2.35. The van der Waals surface area contributed by atoms with Crippen molar-refractivity contribution >= 4 is 5.57 Å². The second-order valence-corrected chi connectivity index (χ2v) is 4.55. The van der Waals surface area contributed by atoms with Crippen LogP contribution in [-0.4, -0.2) is 29.0 Å². The molecule has 1 aromatic heterocycles. The first kappa shape index (κ1) is 9.10. The normalized spacial score (nSPS) is 30.3. The van der Waals surface area contributed by atoms with Gasteiger partial charge in [-0.1, -0.05) is 12.1 Å². The maximum atomic E-state index is 4.21. The predicted octanol–water partition coefficient (Wildman–Crippen LogP) is 2.33. The minimum absolute atomic E-state index is 0.632. The molecule has 15 heavy (non-hydrogen) atoms. The molecule has 0 saturated carbocycles. The maximum absolute atomic E-state index is 4.21. The summed E-state index contributed by atoms with van der Waals surface area (Å²) in [4.78, 5) is 6.74. The number of nitrogens with zero attached hydrogens (tertiary/aromatic N) is 2. The van der Waals surface area contributed by atoms with Gasteiger partial charge in [-0.05, 0) is 43.5 Å². The van der Waals surface area contributed by atoms with Crippen molar-refractivity contribution in [1.29, 1.82) is 0 Å². The quantitative estimate of drug-likeness (QED) is 0.691. The van der Waals surface area contributed by atoms with Crippen LogP contribution in [0.15, 0.2) is 30.6 Å². The maximum Gasteiger partial charge on any atom is 0.0352 e. The standard InChI is InChI=1S/C13H16N2/c1-15-11-4-6-12(13(15)7-5-11)10-3-2-8-14-9-10/h2-3,6,8-9,11,13H,4-5,7H2,1H3/t11-,13-/m0/s1. The molecule has 2 aliphatic rings. The predicted molar refractivity (Wildman–Crippen MR) is 61.4 cm³/mol. The van der Waals surface area contributed by atoms with Crippen LogP contribution >= 0.6 is 0 Å². The lowest BCUT2D eigenvalue weighted by atomic mass is 9.96. The number of rotatable bonds is 1. The average Bonchev–Trinajstić information content (AvgIpc) is 2.54. The fraction of sp³-hybridized carbons (Fsp3) is 0.462. The molecule has 1 aromatic rings. The molecule has 78 valence electrons. The summed E-state index contributed by atoms with van der Waals surface area (Å²) in [7, 11) is 2.26. The van der Waals surface area contributed by atoms with Crippen molar-refractivity contribution < 1.29 is 0 Å². The zero-order valence-corrected chi connectivity index (χ0v) is 9.06. The molecule has 2 heteroatoms. The summed E-state index contributed by atoms with van der Waals surface area (Å²) in [6, 6.07) is 5.62. The number of hydrogen-bond acceptors (Lipinski definition) is 2. The lowest BCUT2D eigenvalue weighted by Gasteiger charge is -2.31. The Morgan fingerprint density at radius 1 is 1.40 bits per heavy atom. The summed E-state index contributed by atoms with van der Waals surface area (Å²) in [5, 5.41) is 0. The van der Waals surface area contributed by atoms with Crippen molar-refractivity contribution in [2.45, 2.75) is 31.3 Å². The molecule has 0 spiro atoms. The van der Waals surface area contributed by atoms with Gasteiger partial charge < -0.3 is 0 Å². The summed E-state index contributed by atoms with van der Waals surface area (Å²) < 4.78 is 0. The molecular weight excluding hydrogens is 184 g/mol. The van der Waals surface area contributed by atoms with Crippen LogP contribution in [0.4, 0.5) is 0 Å². The van der Waals surface area contributed by atoms with Crippen LogP contribution in [0.5, 0.6) is 0 Å². The van der Waals surface area contributed by atoms with E-state index in [2.05, 4.69) is 29.1 Å². The van der Waals surface area contributed by atoms with Gasteiger partial charge in [-0.15, -0.1) is 0 Å². The Morgan fingerprint density at radius 2 is 2.33 bits per heavy atom. The van der Waals surface area contributed by atoms with Crippen LogP contribution in [0.3, 0.4) is 0 Å². The summed E-state index contributed by atoms with van der Waals surface area (Å²) in [5.74, 6) is 0. The van der Waals surface area contributed by atoms with Gasteiger partial charge in [0.05, 0.1) is 0 Å². The molecule has 0 aliphatic carbocycles. The van der Waals surface area contributed by atoms with Crippen LogP contribution in [0.25, 0.3) is 5.57 Å². The molecule has 0 N–H and O–H groups in total. The third-order valence-corrected chi connectivity index (χ3v) is 3.80. The number of aromatic nitrogens is 1. The van der Waals surface area contributed by atoms with Crippen molar-refractivity contribution in [2.24, 2.45) is 0 Å². The largest absolute Gasteiger partial charge is 0.296 e. The van der Waals surface area contributed by atoms with E-state index in [1.54, 1.807) is 0 Å². The van der Waals surface area contributed by atoms with Crippen molar-refractivity contribution in [3.05, 3.63) is 36.2 Å². The first-order chi connectivity index (χ1) is 7.36. The summed E-state index contributed by atoms with van der Waals surface area (Å²) >= 11 is 0. The van der Waals surface area contributed by atoms with Crippen molar-refractivity contribution in [2.75, 3.05) is 7.05 Å². The Morgan fingerprint density at radius 3 is 3.13 bits per heavy atom. The van der Waals surface area contributed by atoms with Gasteiger partial charge in [0.15, 0.2) is 0 Å². The van der Waals surface area contributed by atoms with E-state index in [1.807, 2.05) is 18.5 Å². The molecule has 2 atom stereocenters. The molecule has 0 amide bonds. The molecule has 0 aromatic carbocycles. The van der Waals surface area contributed by atoms with Crippen molar-refractivity contribution in [3.63, 3.8) is 0 Å². The Balaban J connectivity index is 1.97. The molecule has 3 rings (SSSR count). The number of pyridine rings is 1. The van der Waals surface area contributed by atoms with Gasteiger partial charge in [0.1, 0.15) is 0 Å². The third kappa shape index (κ3) is 1.40. The zero-order valence-electron chi connectivity index (χ0n) is 9.06. The fourth-order valence-corrected chi connectivity index (χ4v) is 2.91. The minimum atomic E-state index is 0.632. The van der Waals surface area contributed by atoms with E-state index in [0.717, 1.165) is 6.04 Å². The molecule has 2 bridgehead atoms. The van der Waals surface area contributed by atoms with E-state index in [4.69, 9.17) is 0 Å². The van der Waals surface area contributed by atoms with Gasteiger partial charge in [0, 0.05) is 24.5 Å². The SMILES string of the molecule is CN1[C@H]2CC=C(c3cccnc3)[C@@H]1CC2. The summed E-state index contributed by atoms with van der Waals surface area (Å²) in [6.45, 7) is 0.